The number of rotatable bonds is 6. The number of carbonyl (C=O) groups excluding carboxylic acids is 1. The van der Waals surface area contributed by atoms with Gasteiger partial charge in [-0.3, -0.25) is 4.79 Å². The van der Waals surface area contributed by atoms with Gasteiger partial charge >= 0.3 is 5.69 Å². The molecule has 1 amide bonds. The fourth-order valence-corrected chi connectivity index (χ4v) is 1.87. The minimum atomic E-state index is -0.412. The molecule has 6 heteroatoms. The third-order valence-corrected chi connectivity index (χ3v) is 2.85. The Morgan fingerprint density at radius 2 is 2.21 bits per heavy atom. The molecule has 19 heavy (non-hydrogen) atoms. The summed E-state index contributed by atoms with van der Waals surface area (Å²) in [4.78, 5) is 31.2. The Bertz CT molecular complexity index is 496. The zero-order valence-corrected chi connectivity index (χ0v) is 11.3. The molecule has 0 unspecified atom stereocenters. The van der Waals surface area contributed by atoms with Crippen LogP contribution in [0, 0.1) is 13.8 Å². The molecule has 2 N–H and O–H groups in total. The maximum atomic E-state index is 12.1. The lowest BCUT2D eigenvalue weighted by molar-refractivity contribution is -0.130. The third-order valence-electron chi connectivity index (χ3n) is 2.85. The molecule has 1 aromatic rings. The lowest BCUT2D eigenvalue weighted by atomic mass is 10.1. The number of nitrogens with one attached hydrogen (secondary N) is 1. The van der Waals surface area contributed by atoms with Gasteiger partial charge in [-0.05, 0) is 13.8 Å². The monoisotopic (exact) mass is 265 g/mol. The van der Waals surface area contributed by atoms with Crippen molar-refractivity contribution in [3.8, 4) is 0 Å². The minimum absolute atomic E-state index is 0.0958. The van der Waals surface area contributed by atoms with Gasteiger partial charge in [0.15, 0.2) is 0 Å². The van der Waals surface area contributed by atoms with Gasteiger partial charge in [-0.2, -0.15) is 4.98 Å². The van der Waals surface area contributed by atoms with E-state index in [4.69, 9.17) is 5.11 Å². The molecule has 104 valence electrons. The summed E-state index contributed by atoms with van der Waals surface area (Å²) in [6, 6.07) is 0. The van der Waals surface area contributed by atoms with Crippen LogP contribution >= 0.6 is 0 Å². The molecule has 1 rings (SSSR count). The van der Waals surface area contributed by atoms with E-state index in [0.29, 0.717) is 17.9 Å². The first kappa shape index (κ1) is 15.1. The summed E-state index contributed by atoms with van der Waals surface area (Å²) in [6.45, 7) is 7.58. The second kappa shape index (κ2) is 6.84. The van der Waals surface area contributed by atoms with Crippen molar-refractivity contribution in [2.24, 2.45) is 0 Å². The molecule has 1 heterocycles. The van der Waals surface area contributed by atoms with Crippen molar-refractivity contribution in [2.45, 2.75) is 20.3 Å². The number of H-pyrrole nitrogens is 1. The van der Waals surface area contributed by atoms with Crippen LogP contribution in [-0.2, 0) is 11.2 Å². The van der Waals surface area contributed by atoms with E-state index in [1.165, 1.54) is 4.90 Å². The van der Waals surface area contributed by atoms with E-state index in [1.54, 1.807) is 19.9 Å². The van der Waals surface area contributed by atoms with E-state index in [0.717, 1.165) is 5.56 Å². The number of amides is 1. The molecule has 0 saturated heterocycles. The highest BCUT2D eigenvalue weighted by Gasteiger charge is 2.16. The normalized spacial score (nSPS) is 10.3. The SMILES string of the molecule is C=CCN(CCO)C(=O)Cc1c(C)nc(=O)[nH]c1C. The Kier molecular flexibility index (Phi) is 5.44. The first-order valence-corrected chi connectivity index (χ1v) is 6.05. The Morgan fingerprint density at radius 3 is 2.74 bits per heavy atom. The fraction of sp³-hybridized carbons (Fsp3) is 0.462. The standard InChI is InChI=1S/C13H19N3O3/c1-4-5-16(6-7-17)12(18)8-11-9(2)14-13(19)15-10(11)3/h4,17H,1,5-8H2,2-3H3,(H,14,15,19). The number of carbonyl (C=O) groups is 1. The van der Waals surface area contributed by atoms with Gasteiger partial charge in [0.05, 0.1) is 13.0 Å². The number of aryl methyl sites for hydroxylation is 2. The predicted octanol–water partition coefficient (Wildman–Crippen LogP) is -0.0639. The van der Waals surface area contributed by atoms with E-state index in [2.05, 4.69) is 16.5 Å². The molecule has 0 fully saturated rings. The number of aromatic amines is 1. The van der Waals surface area contributed by atoms with Crippen molar-refractivity contribution in [1.82, 2.24) is 14.9 Å². The highest BCUT2D eigenvalue weighted by molar-refractivity contribution is 5.79. The van der Waals surface area contributed by atoms with Crippen LogP contribution in [0.5, 0.6) is 0 Å². The van der Waals surface area contributed by atoms with E-state index in [-0.39, 0.29) is 25.5 Å². The Labute approximate surface area is 111 Å². The highest BCUT2D eigenvalue weighted by Crippen LogP contribution is 2.09. The smallest absolute Gasteiger partial charge is 0.345 e. The largest absolute Gasteiger partial charge is 0.395 e. The molecule has 1 aromatic heterocycles. The molecule has 0 bridgehead atoms. The van der Waals surface area contributed by atoms with Gasteiger partial charge in [0.2, 0.25) is 5.91 Å². The number of aromatic nitrogens is 2. The summed E-state index contributed by atoms with van der Waals surface area (Å²) in [5.41, 5.74) is 1.51. The molecular formula is C13H19N3O3. The van der Waals surface area contributed by atoms with Gasteiger partial charge in [0.1, 0.15) is 0 Å². The molecule has 0 spiro atoms. The maximum Gasteiger partial charge on any atom is 0.345 e. The summed E-state index contributed by atoms with van der Waals surface area (Å²) in [7, 11) is 0. The summed E-state index contributed by atoms with van der Waals surface area (Å²) in [6.07, 6.45) is 1.76. The van der Waals surface area contributed by atoms with Crippen LogP contribution in [0.15, 0.2) is 17.4 Å². The van der Waals surface area contributed by atoms with Crippen LogP contribution in [0.1, 0.15) is 17.0 Å². The minimum Gasteiger partial charge on any atom is -0.395 e. The maximum absolute atomic E-state index is 12.1. The molecule has 0 atom stereocenters. The topological polar surface area (TPSA) is 86.3 Å². The molecule has 0 aromatic carbocycles. The van der Waals surface area contributed by atoms with Crippen LogP contribution in [-0.4, -0.2) is 45.6 Å². The summed E-state index contributed by atoms with van der Waals surface area (Å²) < 4.78 is 0. The number of nitrogens with zero attached hydrogens (tertiary/aromatic N) is 2. The quantitative estimate of drug-likeness (QED) is 0.705. The van der Waals surface area contributed by atoms with Crippen LogP contribution < -0.4 is 5.69 Å². The predicted molar refractivity (Wildman–Crippen MR) is 71.9 cm³/mol. The van der Waals surface area contributed by atoms with Crippen molar-refractivity contribution in [2.75, 3.05) is 19.7 Å². The number of hydrogen-bond donors (Lipinski definition) is 2. The lowest BCUT2D eigenvalue weighted by Gasteiger charge is -2.20. The Balaban J connectivity index is 2.92. The van der Waals surface area contributed by atoms with E-state index >= 15 is 0 Å². The molecular weight excluding hydrogens is 246 g/mol. The van der Waals surface area contributed by atoms with Crippen molar-refractivity contribution in [3.05, 3.63) is 40.1 Å². The van der Waals surface area contributed by atoms with Crippen LogP contribution in [0.25, 0.3) is 0 Å². The van der Waals surface area contributed by atoms with Gasteiger partial charge in [0.25, 0.3) is 0 Å². The molecule has 0 aliphatic heterocycles. The summed E-state index contributed by atoms with van der Waals surface area (Å²) >= 11 is 0. The summed E-state index contributed by atoms with van der Waals surface area (Å²) in [5.74, 6) is -0.131. The lowest BCUT2D eigenvalue weighted by Crippen LogP contribution is -2.35. The fourth-order valence-electron chi connectivity index (χ4n) is 1.87. The zero-order valence-electron chi connectivity index (χ0n) is 11.3. The van der Waals surface area contributed by atoms with Crippen molar-refractivity contribution < 1.29 is 9.90 Å². The van der Waals surface area contributed by atoms with Crippen molar-refractivity contribution in [3.63, 3.8) is 0 Å². The van der Waals surface area contributed by atoms with Gasteiger partial charge in [-0.15, -0.1) is 6.58 Å². The Hall–Kier alpha value is -1.95. The van der Waals surface area contributed by atoms with Gasteiger partial charge < -0.3 is 15.0 Å². The van der Waals surface area contributed by atoms with E-state index < -0.39 is 5.69 Å². The second-order valence-electron chi connectivity index (χ2n) is 4.26. The molecule has 0 aliphatic carbocycles. The highest BCUT2D eigenvalue weighted by atomic mass is 16.3. The average molecular weight is 265 g/mol. The van der Waals surface area contributed by atoms with Crippen LogP contribution in [0.3, 0.4) is 0 Å². The number of aliphatic hydroxyl groups excluding tert-OH is 1. The van der Waals surface area contributed by atoms with Gasteiger partial charge in [-0.1, -0.05) is 6.08 Å². The van der Waals surface area contributed by atoms with Gasteiger partial charge in [-0.25, -0.2) is 4.79 Å². The first-order chi connectivity index (χ1) is 8.99. The van der Waals surface area contributed by atoms with Gasteiger partial charge in [0, 0.05) is 30.0 Å². The molecule has 0 radical (unpaired) electrons. The number of aliphatic hydroxyl groups is 1. The second-order valence-corrected chi connectivity index (χ2v) is 4.26. The zero-order chi connectivity index (χ0) is 14.4. The summed E-state index contributed by atoms with van der Waals surface area (Å²) in [5, 5.41) is 8.94. The molecule has 0 aliphatic rings. The first-order valence-electron chi connectivity index (χ1n) is 6.05. The molecule has 6 nitrogen and oxygen atoms in total. The Morgan fingerprint density at radius 1 is 1.53 bits per heavy atom. The average Bonchev–Trinajstić information content (AvgIpc) is 2.33. The number of hydrogen-bond acceptors (Lipinski definition) is 4. The van der Waals surface area contributed by atoms with Crippen molar-refractivity contribution in [1.29, 1.82) is 0 Å². The third kappa shape index (κ3) is 4.03. The van der Waals surface area contributed by atoms with Crippen molar-refractivity contribution >= 4 is 5.91 Å². The van der Waals surface area contributed by atoms with Crippen LogP contribution in [0.2, 0.25) is 0 Å². The van der Waals surface area contributed by atoms with E-state index in [1.807, 2.05) is 0 Å². The van der Waals surface area contributed by atoms with E-state index in [9.17, 15) is 9.59 Å². The molecule has 0 saturated carbocycles. The van der Waals surface area contributed by atoms with Crippen LogP contribution in [0.4, 0.5) is 0 Å².